The van der Waals surface area contributed by atoms with E-state index < -0.39 is 0 Å². The molecule has 1 heterocycles. The molecule has 0 bridgehead atoms. The highest BCUT2D eigenvalue weighted by molar-refractivity contribution is 6.31. The Kier molecular flexibility index (Phi) is 7.62. The molecule has 0 radical (unpaired) electrons. The summed E-state index contributed by atoms with van der Waals surface area (Å²) in [7, 11) is 3.29. The average Bonchev–Trinajstić information content (AvgIpc) is 2.75. The van der Waals surface area contributed by atoms with Gasteiger partial charge in [-0.15, -0.1) is 0 Å². The summed E-state index contributed by atoms with van der Waals surface area (Å²) in [4.78, 5) is 7.29. The van der Waals surface area contributed by atoms with E-state index >= 15 is 0 Å². The molecule has 3 aromatic rings. The highest BCUT2D eigenvalue weighted by atomic mass is 35.5. The molecule has 162 valence electrons. The molecule has 3 rings (SSSR count). The molecule has 0 spiro atoms. The van der Waals surface area contributed by atoms with Gasteiger partial charge in [0.15, 0.2) is 11.5 Å². The van der Waals surface area contributed by atoms with Gasteiger partial charge in [-0.3, -0.25) is 0 Å². The Morgan fingerprint density at radius 2 is 1.67 bits per heavy atom. The van der Waals surface area contributed by atoms with Crippen LogP contribution in [0.15, 0.2) is 30.3 Å². The zero-order valence-corrected chi connectivity index (χ0v) is 19.3. The molecule has 6 heteroatoms. The normalized spacial score (nSPS) is 12.5. The Bertz CT molecular complexity index is 1000. The van der Waals surface area contributed by atoms with Gasteiger partial charge in [0.2, 0.25) is 0 Å². The maximum Gasteiger partial charge on any atom is 0.162 e. The monoisotopic (exact) mass is 429 g/mol. The van der Waals surface area contributed by atoms with Crippen molar-refractivity contribution in [2.24, 2.45) is 0 Å². The van der Waals surface area contributed by atoms with Crippen LogP contribution in [0.1, 0.15) is 33.6 Å². The third-order valence-electron chi connectivity index (χ3n) is 5.64. The van der Waals surface area contributed by atoms with E-state index in [1.54, 1.807) is 14.2 Å². The minimum Gasteiger partial charge on any atom is -0.493 e. The summed E-state index contributed by atoms with van der Waals surface area (Å²) >= 11 is 6.25. The SMILES string of the molecule is CCN(CC)CCCC(C)Nc1c2ccc(Cl)cc2nc2cc(OC)c(OC)cc12. The van der Waals surface area contributed by atoms with Crippen molar-refractivity contribution in [1.82, 2.24) is 9.88 Å². The molecule has 0 fully saturated rings. The van der Waals surface area contributed by atoms with Crippen LogP contribution < -0.4 is 14.8 Å². The second kappa shape index (κ2) is 10.2. The van der Waals surface area contributed by atoms with Crippen molar-refractivity contribution >= 4 is 39.1 Å². The summed E-state index contributed by atoms with van der Waals surface area (Å²) in [6.45, 7) is 9.98. The van der Waals surface area contributed by atoms with Gasteiger partial charge in [0.05, 0.1) is 30.9 Å². The quantitative estimate of drug-likeness (QED) is 0.401. The molecule has 0 aliphatic heterocycles. The van der Waals surface area contributed by atoms with Crippen LogP contribution in [0.3, 0.4) is 0 Å². The molecule has 1 unspecified atom stereocenters. The molecule has 30 heavy (non-hydrogen) atoms. The third-order valence-corrected chi connectivity index (χ3v) is 5.87. The fourth-order valence-corrected chi connectivity index (χ4v) is 4.05. The first-order chi connectivity index (χ1) is 14.5. The number of ether oxygens (including phenoxy) is 2. The number of nitrogens with zero attached hydrogens (tertiary/aromatic N) is 2. The topological polar surface area (TPSA) is 46.6 Å². The first kappa shape index (κ1) is 22.4. The van der Waals surface area contributed by atoms with Gasteiger partial charge in [0.25, 0.3) is 0 Å². The lowest BCUT2D eigenvalue weighted by Gasteiger charge is -2.22. The average molecular weight is 430 g/mol. The Hall–Kier alpha value is -2.24. The van der Waals surface area contributed by atoms with E-state index in [-0.39, 0.29) is 0 Å². The predicted molar refractivity (Wildman–Crippen MR) is 127 cm³/mol. The van der Waals surface area contributed by atoms with E-state index in [1.165, 1.54) is 0 Å². The van der Waals surface area contributed by atoms with Crippen LogP contribution in [-0.2, 0) is 0 Å². The fourth-order valence-electron chi connectivity index (χ4n) is 3.88. The summed E-state index contributed by atoms with van der Waals surface area (Å²) < 4.78 is 11.0. The van der Waals surface area contributed by atoms with E-state index in [1.807, 2.05) is 30.3 Å². The molecule has 0 saturated heterocycles. The lowest BCUT2D eigenvalue weighted by atomic mass is 10.0. The maximum absolute atomic E-state index is 6.25. The van der Waals surface area contributed by atoms with E-state index in [4.69, 9.17) is 26.1 Å². The van der Waals surface area contributed by atoms with Crippen molar-refractivity contribution in [3.05, 3.63) is 35.4 Å². The molecule has 5 nitrogen and oxygen atoms in total. The first-order valence-electron chi connectivity index (χ1n) is 10.6. The molecule has 0 amide bonds. The second-order valence-corrected chi connectivity index (χ2v) is 8.02. The Balaban J connectivity index is 1.99. The Morgan fingerprint density at radius 1 is 1.00 bits per heavy atom. The third kappa shape index (κ3) is 4.90. The molecule has 2 aromatic carbocycles. The van der Waals surface area contributed by atoms with Crippen molar-refractivity contribution in [3.63, 3.8) is 0 Å². The Morgan fingerprint density at radius 3 is 2.33 bits per heavy atom. The summed E-state index contributed by atoms with van der Waals surface area (Å²) in [6.07, 6.45) is 2.24. The number of hydrogen-bond acceptors (Lipinski definition) is 5. The number of anilines is 1. The van der Waals surface area contributed by atoms with Gasteiger partial charge in [0.1, 0.15) is 0 Å². The number of halogens is 1. The molecule has 0 aliphatic carbocycles. The molecule has 0 saturated carbocycles. The molecule has 1 N–H and O–H groups in total. The standard InChI is InChI=1S/C24H32ClN3O2/c1-6-28(7-2)12-8-9-16(3)26-24-18-11-10-17(25)13-20(18)27-21-15-23(30-5)22(29-4)14-19(21)24/h10-11,13-16H,6-9,12H2,1-5H3,(H,26,27). The number of methoxy groups -OCH3 is 2. The lowest BCUT2D eigenvalue weighted by molar-refractivity contribution is 0.295. The number of aromatic nitrogens is 1. The highest BCUT2D eigenvalue weighted by Gasteiger charge is 2.16. The molecule has 1 atom stereocenters. The Labute approximate surface area is 184 Å². The lowest BCUT2D eigenvalue weighted by Crippen LogP contribution is -2.25. The number of fused-ring (bicyclic) bond motifs is 2. The number of pyridine rings is 1. The van der Waals surface area contributed by atoms with Crippen molar-refractivity contribution in [2.45, 2.75) is 39.7 Å². The van der Waals surface area contributed by atoms with Gasteiger partial charge in [-0.05, 0) is 63.7 Å². The van der Waals surface area contributed by atoms with Crippen LogP contribution in [0.25, 0.3) is 21.8 Å². The van der Waals surface area contributed by atoms with Crippen LogP contribution in [0.4, 0.5) is 5.69 Å². The van der Waals surface area contributed by atoms with Crippen LogP contribution in [-0.4, -0.2) is 49.8 Å². The van der Waals surface area contributed by atoms with Gasteiger partial charge in [0, 0.05) is 27.9 Å². The van der Waals surface area contributed by atoms with Crippen LogP contribution in [0.5, 0.6) is 11.5 Å². The summed E-state index contributed by atoms with van der Waals surface area (Å²) in [5.41, 5.74) is 2.77. The fraction of sp³-hybridized carbons (Fsp3) is 0.458. The summed E-state index contributed by atoms with van der Waals surface area (Å²) in [5.74, 6) is 1.36. The minimum atomic E-state index is 0.318. The highest BCUT2D eigenvalue weighted by Crippen LogP contribution is 2.39. The van der Waals surface area contributed by atoms with Crippen molar-refractivity contribution < 1.29 is 9.47 Å². The first-order valence-corrected chi connectivity index (χ1v) is 11.0. The van der Waals surface area contributed by atoms with Crippen LogP contribution in [0, 0.1) is 0 Å². The summed E-state index contributed by atoms with van der Waals surface area (Å²) in [5, 5.41) is 6.48. The van der Waals surface area contributed by atoms with Gasteiger partial charge in [-0.1, -0.05) is 25.4 Å². The van der Waals surface area contributed by atoms with Gasteiger partial charge >= 0.3 is 0 Å². The molecular weight excluding hydrogens is 398 g/mol. The summed E-state index contributed by atoms with van der Waals surface area (Å²) in [6, 6.07) is 10.1. The van der Waals surface area contributed by atoms with Crippen LogP contribution >= 0.6 is 11.6 Å². The van der Waals surface area contributed by atoms with Crippen molar-refractivity contribution in [2.75, 3.05) is 39.2 Å². The zero-order valence-electron chi connectivity index (χ0n) is 18.6. The number of hydrogen-bond donors (Lipinski definition) is 1. The number of benzene rings is 2. The smallest absolute Gasteiger partial charge is 0.162 e. The largest absolute Gasteiger partial charge is 0.493 e. The van der Waals surface area contributed by atoms with Crippen molar-refractivity contribution in [1.29, 1.82) is 0 Å². The van der Waals surface area contributed by atoms with E-state index in [0.717, 1.165) is 60.0 Å². The number of rotatable bonds is 10. The molecule has 1 aromatic heterocycles. The number of nitrogens with one attached hydrogen (secondary N) is 1. The molecular formula is C24H32ClN3O2. The minimum absolute atomic E-state index is 0.318. The predicted octanol–water partition coefficient (Wildman–Crippen LogP) is 5.98. The maximum atomic E-state index is 6.25. The molecule has 0 aliphatic rings. The van der Waals surface area contributed by atoms with Gasteiger partial charge in [-0.25, -0.2) is 4.98 Å². The van der Waals surface area contributed by atoms with Crippen molar-refractivity contribution in [3.8, 4) is 11.5 Å². The van der Waals surface area contributed by atoms with Gasteiger partial charge in [-0.2, -0.15) is 0 Å². The zero-order chi connectivity index (χ0) is 21.7. The van der Waals surface area contributed by atoms with E-state index in [9.17, 15) is 0 Å². The second-order valence-electron chi connectivity index (χ2n) is 7.59. The van der Waals surface area contributed by atoms with E-state index in [2.05, 4.69) is 31.0 Å². The van der Waals surface area contributed by atoms with E-state index in [0.29, 0.717) is 22.6 Å². The van der Waals surface area contributed by atoms with Crippen LogP contribution in [0.2, 0.25) is 5.02 Å². The van der Waals surface area contributed by atoms with Gasteiger partial charge < -0.3 is 19.7 Å².